The van der Waals surface area contributed by atoms with Crippen LogP contribution in [0.3, 0.4) is 0 Å². The Kier molecular flexibility index (Phi) is 8.66. The Morgan fingerprint density at radius 1 is 1.13 bits per heavy atom. The molecule has 0 spiro atoms. The first-order chi connectivity index (χ1) is 14.6. The molecule has 8 heteroatoms. The highest BCUT2D eigenvalue weighted by molar-refractivity contribution is 5.67. The summed E-state index contributed by atoms with van der Waals surface area (Å²) in [6, 6.07) is 13.4. The van der Waals surface area contributed by atoms with Gasteiger partial charge in [0.2, 0.25) is 0 Å². The smallest absolute Gasteiger partial charge is 0.407 e. The summed E-state index contributed by atoms with van der Waals surface area (Å²) in [6.45, 7) is 5.95. The van der Waals surface area contributed by atoms with E-state index in [2.05, 4.69) is 5.32 Å². The van der Waals surface area contributed by atoms with Gasteiger partial charge in [-0.3, -0.25) is 0 Å². The zero-order chi connectivity index (χ0) is 22.9. The average Bonchev–Trinajstić information content (AvgIpc) is 2.67. The number of ether oxygens (including phenoxy) is 3. The third-order valence-corrected chi connectivity index (χ3v) is 4.09. The molecule has 0 saturated carbocycles. The van der Waals surface area contributed by atoms with Gasteiger partial charge in [0, 0.05) is 18.5 Å². The van der Waals surface area contributed by atoms with Gasteiger partial charge in [-0.25, -0.2) is 14.0 Å². The molecule has 168 valence electrons. The third-order valence-electron chi connectivity index (χ3n) is 4.09. The number of hydrogen-bond acceptors (Lipinski definition) is 5. The van der Waals surface area contributed by atoms with E-state index in [1.54, 1.807) is 20.8 Å². The van der Waals surface area contributed by atoms with Crippen LogP contribution in [0.2, 0.25) is 0 Å². The van der Waals surface area contributed by atoms with E-state index in [4.69, 9.17) is 19.9 Å². The highest BCUT2D eigenvalue weighted by Gasteiger charge is 2.21. The zero-order valence-electron chi connectivity index (χ0n) is 18.0. The molecule has 0 saturated heterocycles. The van der Waals surface area contributed by atoms with Gasteiger partial charge in [-0.2, -0.15) is 0 Å². The largest absolute Gasteiger partial charge is 0.493 e. The molecule has 0 aliphatic rings. The number of hydrogen-bond donors (Lipinski definition) is 2. The van der Waals surface area contributed by atoms with Crippen LogP contribution >= 0.6 is 0 Å². The van der Waals surface area contributed by atoms with Crippen LogP contribution in [0.4, 0.5) is 14.0 Å². The van der Waals surface area contributed by atoms with Crippen molar-refractivity contribution in [3.05, 3.63) is 65.5 Å². The van der Waals surface area contributed by atoms with Crippen LogP contribution in [-0.2, 0) is 15.9 Å². The molecule has 0 bridgehead atoms. The van der Waals surface area contributed by atoms with E-state index < -0.39 is 29.7 Å². The lowest BCUT2D eigenvalue weighted by Crippen LogP contribution is -2.33. The topological polar surface area (TPSA) is 99.9 Å². The number of carbonyl (C=O) groups is 2. The summed E-state index contributed by atoms with van der Waals surface area (Å²) in [5.74, 6) is -0.110. The van der Waals surface area contributed by atoms with Crippen LogP contribution in [-0.4, -0.2) is 30.9 Å². The maximum atomic E-state index is 14.0. The summed E-state index contributed by atoms with van der Waals surface area (Å²) < 4.78 is 30.2. The number of carbonyl (C=O) groups excluding carboxylic acids is 2. The molecule has 7 nitrogen and oxygen atoms in total. The Morgan fingerprint density at radius 2 is 1.84 bits per heavy atom. The lowest BCUT2D eigenvalue weighted by molar-refractivity contribution is 0.0525. The van der Waals surface area contributed by atoms with Crippen LogP contribution < -0.4 is 15.8 Å². The van der Waals surface area contributed by atoms with Gasteiger partial charge in [-0.05, 0) is 51.0 Å². The minimum Gasteiger partial charge on any atom is -0.493 e. The van der Waals surface area contributed by atoms with E-state index in [9.17, 15) is 14.0 Å². The molecule has 2 amide bonds. The van der Waals surface area contributed by atoms with Crippen LogP contribution in [0, 0.1) is 5.82 Å². The fourth-order valence-corrected chi connectivity index (χ4v) is 2.84. The van der Waals surface area contributed by atoms with Crippen molar-refractivity contribution in [3.8, 4) is 5.75 Å². The van der Waals surface area contributed by atoms with Crippen LogP contribution in [0.5, 0.6) is 5.75 Å². The van der Waals surface area contributed by atoms with Crippen molar-refractivity contribution in [1.29, 1.82) is 0 Å². The second-order valence-corrected chi connectivity index (χ2v) is 7.93. The number of halogens is 1. The fraction of sp³-hybridized carbons (Fsp3) is 0.391. The van der Waals surface area contributed by atoms with Crippen molar-refractivity contribution in [2.24, 2.45) is 5.73 Å². The van der Waals surface area contributed by atoms with E-state index >= 15 is 0 Å². The van der Waals surface area contributed by atoms with Gasteiger partial charge in [0.25, 0.3) is 0 Å². The monoisotopic (exact) mass is 432 g/mol. The van der Waals surface area contributed by atoms with Crippen molar-refractivity contribution < 1.29 is 28.2 Å². The maximum Gasteiger partial charge on any atom is 0.407 e. The summed E-state index contributed by atoms with van der Waals surface area (Å²) in [4.78, 5) is 23.1. The highest BCUT2D eigenvalue weighted by atomic mass is 19.1. The predicted molar refractivity (Wildman–Crippen MR) is 114 cm³/mol. The molecule has 0 fully saturated rings. The molecule has 0 aliphatic heterocycles. The molecule has 0 aromatic heterocycles. The molecule has 0 heterocycles. The quantitative estimate of drug-likeness (QED) is 0.569. The Morgan fingerprint density at radius 3 is 2.48 bits per heavy atom. The third kappa shape index (κ3) is 8.94. The second-order valence-electron chi connectivity index (χ2n) is 7.93. The van der Waals surface area contributed by atoms with E-state index in [0.29, 0.717) is 30.7 Å². The Balaban J connectivity index is 2.02. The molecule has 0 radical (unpaired) electrons. The van der Waals surface area contributed by atoms with Gasteiger partial charge in [-0.15, -0.1) is 0 Å². The number of nitrogens with one attached hydrogen (secondary N) is 1. The first kappa shape index (κ1) is 24.0. The molecule has 1 atom stereocenters. The maximum absolute atomic E-state index is 14.0. The molecule has 2 aromatic rings. The van der Waals surface area contributed by atoms with Gasteiger partial charge in [0.15, 0.2) is 0 Å². The molecule has 2 aromatic carbocycles. The minimum absolute atomic E-state index is 0.253. The first-order valence-electron chi connectivity index (χ1n) is 10.0. The summed E-state index contributed by atoms with van der Waals surface area (Å²) in [5, 5.41) is 2.64. The summed E-state index contributed by atoms with van der Waals surface area (Å²) in [6.07, 6.45) is -1.48. The van der Waals surface area contributed by atoms with Crippen molar-refractivity contribution in [2.75, 3.05) is 13.2 Å². The van der Waals surface area contributed by atoms with E-state index in [0.717, 1.165) is 5.56 Å². The summed E-state index contributed by atoms with van der Waals surface area (Å²) in [7, 11) is 0. The zero-order valence-corrected chi connectivity index (χ0v) is 18.0. The number of benzene rings is 2. The number of alkyl carbamates (subject to hydrolysis) is 1. The van der Waals surface area contributed by atoms with Crippen LogP contribution in [0.25, 0.3) is 0 Å². The lowest BCUT2D eigenvalue weighted by Gasteiger charge is -2.21. The van der Waals surface area contributed by atoms with Gasteiger partial charge in [0.05, 0.1) is 6.61 Å². The van der Waals surface area contributed by atoms with Crippen molar-refractivity contribution in [2.45, 2.75) is 45.3 Å². The first-order valence-corrected chi connectivity index (χ1v) is 10.0. The summed E-state index contributed by atoms with van der Waals surface area (Å²) in [5.41, 5.74) is 5.94. The molecular weight excluding hydrogens is 403 g/mol. The predicted octanol–water partition coefficient (Wildman–Crippen LogP) is 4.50. The SMILES string of the molecule is CC(C)(C)OC(=O)NCCCOc1ccc(F)cc1C(Cc1ccccc1)OC(N)=O. The number of nitrogens with two attached hydrogens (primary N) is 1. The normalized spacial score (nSPS) is 12.0. The molecule has 0 aliphatic carbocycles. The highest BCUT2D eigenvalue weighted by Crippen LogP contribution is 2.31. The average molecular weight is 432 g/mol. The van der Waals surface area contributed by atoms with Crippen LogP contribution in [0.1, 0.15) is 44.4 Å². The van der Waals surface area contributed by atoms with Crippen LogP contribution in [0.15, 0.2) is 48.5 Å². The lowest BCUT2D eigenvalue weighted by atomic mass is 10.00. The molecule has 31 heavy (non-hydrogen) atoms. The molecule has 3 N–H and O–H groups in total. The van der Waals surface area contributed by atoms with Gasteiger partial charge >= 0.3 is 12.2 Å². The number of amides is 2. The van der Waals surface area contributed by atoms with E-state index in [1.807, 2.05) is 30.3 Å². The number of rotatable bonds is 9. The standard InChI is InChI=1S/C23H29FN2O5/c1-23(2,3)31-22(28)26-12-7-13-29-19-11-10-17(24)15-18(19)20(30-21(25)27)14-16-8-5-4-6-9-16/h4-6,8-11,15,20H,7,12-14H2,1-3H3,(H2,25,27)(H,26,28). The van der Waals surface area contributed by atoms with Crippen molar-refractivity contribution in [1.82, 2.24) is 5.32 Å². The molecular formula is C23H29FN2O5. The van der Waals surface area contributed by atoms with E-state index in [-0.39, 0.29) is 6.61 Å². The summed E-state index contributed by atoms with van der Waals surface area (Å²) >= 11 is 0. The van der Waals surface area contributed by atoms with Crippen molar-refractivity contribution >= 4 is 12.2 Å². The fourth-order valence-electron chi connectivity index (χ4n) is 2.84. The molecule has 2 rings (SSSR count). The number of primary amides is 1. The van der Waals surface area contributed by atoms with Gasteiger partial charge < -0.3 is 25.3 Å². The Bertz CT molecular complexity index is 868. The second kappa shape index (κ2) is 11.2. The van der Waals surface area contributed by atoms with Gasteiger partial charge in [0.1, 0.15) is 23.3 Å². The van der Waals surface area contributed by atoms with Gasteiger partial charge in [-0.1, -0.05) is 30.3 Å². The van der Waals surface area contributed by atoms with Crippen molar-refractivity contribution in [3.63, 3.8) is 0 Å². The minimum atomic E-state index is -0.960. The Hall–Kier alpha value is -3.29. The van der Waals surface area contributed by atoms with E-state index in [1.165, 1.54) is 18.2 Å². The Labute approximate surface area is 181 Å². The molecule has 1 unspecified atom stereocenters.